The van der Waals surface area contributed by atoms with Crippen molar-refractivity contribution in [3.63, 3.8) is 0 Å². The van der Waals surface area contributed by atoms with Gasteiger partial charge in [0.05, 0.1) is 6.20 Å². The Labute approximate surface area is 78.9 Å². The van der Waals surface area contributed by atoms with Crippen LogP contribution in [-0.4, -0.2) is 22.8 Å². The first-order valence-corrected chi connectivity index (χ1v) is 3.95. The highest BCUT2D eigenvalue weighted by molar-refractivity contribution is 5.82. The largest absolute Gasteiger partial charge is 0.479 e. The summed E-state index contributed by atoms with van der Waals surface area (Å²) in [6, 6.07) is 5.19. The number of benzene rings is 1. The summed E-state index contributed by atoms with van der Waals surface area (Å²) in [5.74, 6) is -0.635. The van der Waals surface area contributed by atoms with E-state index in [1.165, 1.54) is 0 Å². The lowest BCUT2D eigenvalue weighted by atomic mass is 10.2. The zero-order chi connectivity index (χ0) is 9.97. The average molecular weight is 193 g/mol. The summed E-state index contributed by atoms with van der Waals surface area (Å²) >= 11 is 0. The summed E-state index contributed by atoms with van der Waals surface area (Å²) in [5, 5.41) is 12.8. The van der Waals surface area contributed by atoms with Crippen LogP contribution in [0.3, 0.4) is 0 Å². The number of carboxylic acids is 1. The molecule has 0 saturated heterocycles. The Morgan fingerprint density at radius 2 is 2.43 bits per heavy atom. The molecule has 1 aromatic heterocycles. The molecule has 5 heteroatoms. The van der Waals surface area contributed by atoms with E-state index in [0.29, 0.717) is 11.3 Å². The zero-order valence-corrected chi connectivity index (χ0v) is 7.14. The number of fused-ring (bicyclic) bond motifs is 1. The summed E-state index contributed by atoms with van der Waals surface area (Å²) in [6.07, 6.45) is 1.54. The van der Waals surface area contributed by atoms with Crippen LogP contribution in [0.5, 0.6) is 5.75 Å². The topological polar surface area (TPSA) is 72.6 Å². The highest BCUT2D eigenvalue weighted by atomic mass is 16.5. The van der Waals surface area contributed by atoms with Crippen molar-refractivity contribution >= 4 is 16.9 Å². The molecule has 2 aromatic rings. The Bertz CT molecular complexity index is 463. The standard InChI is InChI=1S/C9H7NO4/c11-8(12)5-13-7-3-1-2-6-4-10-14-9(6)7/h1-4H,5H2,(H,11,12). The lowest BCUT2D eigenvalue weighted by Crippen LogP contribution is -2.09. The van der Waals surface area contributed by atoms with Gasteiger partial charge in [0.1, 0.15) is 0 Å². The van der Waals surface area contributed by atoms with Gasteiger partial charge in [0.15, 0.2) is 12.4 Å². The average Bonchev–Trinajstić information content (AvgIpc) is 2.62. The summed E-state index contributed by atoms with van der Waals surface area (Å²) < 4.78 is 9.92. The van der Waals surface area contributed by atoms with Gasteiger partial charge in [-0.05, 0) is 12.1 Å². The number of nitrogens with zero attached hydrogens (tertiary/aromatic N) is 1. The number of aliphatic carboxylic acids is 1. The predicted octanol–water partition coefficient (Wildman–Crippen LogP) is 1.29. The van der Waals surface area contributed by atoms with E-state index in [1.54, 1.807) is 24.4 Å². The lowest BCUT2D eigenvalue weighted by Gasteiger charge is -2.01. The monoisotopic (exact) mass is 193 g/mol. The molecule has 0 aliphatic heterocycles. The third kappa shape index (κ3) is 1.52. The van der Waals surface area contributed by atoms with Crippen LogP contribution in [0.2, 0.25) is 0 Å². The highest BCUT2D eigenvalue weighted by Gasteiger charge is 2.07. The van der Waals surface area contributed by atoms with Gasteiger partial charge in [-0.3, -0.25) is 0 Å². The molecule has 0 spiro atoms. The van der Waals surface area contributed by atoms with E-state index in [1.807, 2.05) is 0 Å². The first kappa shape index (κ1) is 8.55. The van der Waals surface area contributed by atoms with Crippen LogP contribution in [0.1, 0.15) is 0 Å². The molecule has 0 fully saturated rings. The van der Waals surface area contributed by atoms with Crippen LogP contribution >= 0.6 is 0 Å². The second-order valence-corrected chi connectivity index (χ2v) is 2.68. The normalized spacial score (nSPS) is 10.3. The van der Waals surface area contributed by atoms with E-state index in [2.05, 4.69) is 5.16 Å². The lowest BCUT2D eigenvalue weighted by molar-refractivity contribution is -0.139. The van der Waals surface area contributed by atoms with Crippen molar-refractivity contribution in [2.75, 3.05) is 6.61 Å². The second-order valence-electron chi connectivity index (χ2n) is 2.68. The maximum Gasteiger partial charge on any atom is 0.341 e. The third-order valence-corrected chi connectivity index (χ3v) is 1.70. The Morgan fingerprint density at radius 1 is 1.57 bits per heavy atom. The van der Waals surface area contributed by atoms with Crippen LogP contribution in [0.25, 0.3) is 11.0 Å². The van der Waals surface area contributed by atoms with E-state index >= 15 is 0 Å². The fourth-order valence-corrected chi connectivity index (χ4v) is 1.12. The summed E-state index contributed by atoms with van der Waals surface area (Å²) in [5.41, 5.74) is 0.466. The van der Waals surface area contributed by atoms with Gasteiger partial charge in [0.25, 0.3) is 0 Å². The molecular formula is C9H7NO4. The maximum absolute atomic E-state index is 10.3. The summed E-state index contributed by atoms with van der Waals surface area (Å²) in [7, 11) is 0. The quantitative estimate of drug-likeness (QED) is 0.795. The second kappa shape index (κ2) is 3.37. The van der Waals surface area contributed by atoms with Crippen molar-refractivity contribution in [1.82, 2.24) is 5.16 Å². The van der Waals surface area contributed by atoms with Crippen LogP contribution < -0.4 is 4.74 Å². The first-order chi connectivity index (χ1) is 6.77. The van der Waals surface area contributed by atoms with E-state index in [4.69, 9.17) is 14.4 Å². The number of carbonyl (C=O) groups is 1. The molecule has 1 heterocycles. The van der Waals surface area contributed by atoms with Crippen LogP contribution in [0.15, 0.2) is 28.9 Å². The highest BCUT2D eigenvalue weighted by Crippen LogP contribution is 2.24. The SMILES string of the molecule is O=C(O)COc1cccc2cnoc12. The van der Waals surface area contributed by atoms with Crippen LogP contribution in [0, 0.1) is 0 Å². The number of hydrogen-bond donors (Lipinski definition) is 1. The number of carboxylic acid groups (broad SMARTS) is 1. The van der Waals surface area contributed by atoms with Gasteiger partial charge in [0.2, 0.25) is 5.58 Å². The molecule has 14 heavy (non-hydrogen) atoms. The number of rotatable bonds is 3. The minimum absolute atomic E-state index is 0.389. The van der Waals surface area contributed by atoms with Crippen molar-refractivity contribution < 1.29 is 19.2 Å². The van der Waals surface area contributed by atoms with E-state index in [9.17, 15) is 4.79 Å². The minimum Gasteiger partial charge on any atom is -0.479 e. The summed E-state index contributed by atoms with van der Waals surface area (Å²) in [6.45, 7) is -0.389. The number of hydrogen-bond acceptors (Lipinski definition) is 4. The third-order valence-electron chi connectivity index (χ3n) is 1.70. The first-order valence-electron chi connectivity index (χ1n) is 3.95. The molecule has 0 aliphatic rings. The molecule has 0 atom stereocenters. The predicted molar refractivity (Wildman–Crippen MR) is 47.1 cm³/mol. The fraction of sp³-hybridized carbons (Fsp3) is 0.111. The van der Waals surface area contributed by atoms with Crippen molar-refractivity contribution in [2.24, 2.45) is 0 Å². The van der Waals surface area contributed by atoms with Gasteiger partial charge in [0, 0.05) is 5.39 Å². The van der Waals surface area contributed by atoms with Gasteiger partial charge in [-0.15, -0.1) is 0 Å². The van der Waals surface area contributed by atoms with Crippen LogP contribution in [-0.2, 0) is 4.79 Å². The molecule has 5 nitrogen and oxygen atoms in total. The van der Waals surface area contributed by atoms with E-state index in [0.717, 1.165) is 5.39 Å². The van der Waals surface area contributed by atoms with Gasteiger partial charge >= 0.3 is 5.97 Å². The van der Waals surface area contributed by atoms with Crippen molar-refractivity contribution in [2.45, 2.75) is 0 Å². The van der Waals surface area contributed by atoms with E-state index in [-0.39, 0.29) is 6.61 Å². The van der Waals surface area contributed by atoms with Crippen molar-refractivity contribution in [3.05, 3.63) is 24.4 Å². The molecule has 0 radical (unpaired) electrons. The smallest absolute Gasteiger partial charge is 0.341 e. The van der Waals surface area contributed by atoms with Crippen LogP contribution in [0.4, 0.5) is 0 Å². The molecule has 2 rings (SSSR count). The van der Waals surface area contributed by atoms with Gasteiger partial charge in [-0.2, -0.15) is 0 Å². The Balaban J connectivity index is 2.32. The molecule has 0 bridgehead atoms. The maximum atomic E-state index is 10.3. The number of aromatic nitrogens is 1. The molecule has 1 aromatic carbocycles. The molecule has 1 N–H and O–H groups in total. The Morgan fingerprint density at radius 3 is 3.21 bits per heavy atom. The molecule has 0 unspecified atom stereocenters. The number of ether oxygens (including phenoxy) is 1. The van der Waals surface area contributed by atoms with Gasteiger partial charge in [-0.1, -0.05) is 11.2 Å². The van der Waals surface area contributed by atoms with Crippen molar-refractivity contribution in [1.29, 1.82) is 0 Å². The molecule has 0 saturated carbocycles. The Kier molecular flexibility index (Phi) is 2.06. The fourth-order valence-electron chi connectivity index (χ4n) is 1.12. The minimum atomic E-state index is -1.03. The summed E-state index contributed by atoms with van der Waals surface area (Å²) in [4.78, 5) is 10.3. The zero-order valence-electron chi connectivity index (χ0n) is 7.14. The molecule has 0 amide bonds. The van der Waals surface area contributed by atoms with Gasteiger partial charge < -0.3 is 14.4 Å². The van der Waals surface area contributed by atoms with Gasteiger partial charge in [-0.25, -0.2) is 4.79 Å². The number of para-hydroxylation sites is 1. The van der Waals surface area contributed by atoms with E-state index < -0.39 is 5.97 Å². The Hall–Kier alpha value is -2.04. The van der Waals surface area contributed by atoms with Crippen molar-refractivity contribution in [3.8, 4) is 5.75 Å². The molecular weight excluding hydrogens is 186 g/mol. The molecule has 72 valence electrons. The molecule has 0 aliphatic carbocycles.